The fourth-order valence-electron chi connectivity index (χ4n) is 2.69. The zero-order chi connectivity index (χ0) is 20.7. The summed E-state index contributed by atoms with van der Waals surface area (Å²) in [6.07, 6.45) is 0. The number of H-pyrrole nitrogens is 2. The highest BCUT2D eigenvalue weighted by atomic mass is 32.2. The van der Waals surface area contributed by atoms with E-state index in [0.29, 0.717) is 11.0 Å². The van der Waals surface area contributed by atoms with Crippen molar-refractivity contribution in [3.63, 3.8) is 0 Å². The molecule has 0 aliphatic heterocycles. The second kappa shape index (κ2) is 7.12. The summed E-state index contributed by atoms with van der Waals surface area (Å²) in [6.45, 7) is 5.19. The molecule has 0 radical (unpaired) electrons. The Balaban J connectivity index is 1.93. The third-order valence-electron chi connectivity index (χ3n) is 3.68. The van der Waals surface area contributed by atoms with Gasteiger partial charge < -0.3 is 15.3 Å². The number of aromatic amines is 2. The number of nitrogens with one attached hydrogen (secondary N) is 4. The van der Waals surface area contributed by atoms with Crippen molar-refractivity contribution in [3.05, 3.63) is 52.5 Å². The van der Waals surface area contributed by atoms with Gasteiger partial charge in [-0.25, -0.2) is 17.5 Å². The highest BCUT2D eigenvalue weighted by Gasteiger charge is 2.22. The number of anilines is 1. The highest BCUT2D eigenvalue weighted by molar-refractivity contribution is 7.89. The van der Waals surface area contributed by atoms with E-state index in [1.165, 1.54) is 24.3 Å². The van der Waals surface area contributed by atoms with Crippen LogP contribution in [0.5, 0.6) is 0 Å². The summed E-state index contributed by atoms with van der Waals surface area (Å²) in [5.41, 5.74) is 0.372. The molecule has 4 N–H and O–H groups in total. The number of fused-ring (bicyclic) bond motifs is 1. The SMILES string of the molecule is CC(C)(C)NS(=O)(=O)c1cccc(NC(=O)c2cc(F)cc3[nH]c(=S)[nH]c23)c1. The van der Waals surface area contributed by atoms with Crippen molar-refractivity contribution in [2.24, 2.45) is 0 Å². The van der Waals surface area contributed by atoms with Crippen molar-refractivity contribution in [1.29, 1.82) is 0 Å². The van der Waals surface area contributed by atoms with Crippen LogP contribution in [0, 0.1) is 10.6 Å². The molecule has 0 spiro atoms. The first-order valence-corrected chi connectivity index (χ1v) is 10.2. The molecule has 3 rings (SSSR count). The molecule has 10 heteroatoms. The molecule has 0 unspecified atom stereocenters. The van der Waals surface area contributed by atoms with Gasteiger partial charge in [-0.05, 0) is 63.3 Å². The van der Waals surface area contributed by atoms with Crippen molar-refractivity contribution < 1.29 is 17.6 Å². The average Bonchev–Trinajstić information content (AvgIpc) is 2.92. The zero-order valence-electron chi connectivity index (χ0n) is 15.4. The number of carbonyl (C=O) groups excluding carboxylic acids is 1. The van der Waals surface area contributed by atoms with Crippen molar-refractivity contribution in [2.75, 3.05) is 5.32 Å². The number of carbonyl (C=O) groups is 1. The number of hydrogen-bond acceptors (Lipinski definition) is 4. The predicted octanol–water partition coefficient (Wildman–Crippen LogP) is 3.69. The van der Waals surface area contributed by atoms with Gasteiger partial charge >= 0.3 is 0 Å². The van der Waals surface area contributed by atoms with Crippen LogP contribution in [0.25, 0.3) is 11.0 Å². The predicted molar refractivity (Wildman–Crippen MR) is 108 cm³/mol. The number of hydrogen-bond donors (Lipinski definition) is 4. The lowest BCUT2D eigenvalue weighted by Gasteiger charge is -2.20. The van der Waals surface area contributed by atoms with Gasteiger partial charge in [-0.2, -0.15) is 0 Å². The van der Waals surface area contributed by atoms with E-state index in [2.05, 4.69) is 20.0 Å². The number of amides is 1. The van der Waals surface area contributed by atoms with E-state index in [9.17, 15) is 17.6 Å². The summed E-state index contributed by atoms with van der Waals surface area (Å²) in [5.74, 6) is -1.21. The van der Waals surface area contributed by atoms with E-state index in [1.54, 1.807) is 26.8 Å². The minimum atomic E-state index is -3.77. The summed E-state index contributed by atoms with van der Waals surface area (Å²) in [5, 5.41) is 2.60. The molecule has 0 atom stereocenters. The van der Waals surface area contributed by atoms with E-state index < -0.39 is 27.3 Å². The van der Waals surface area contributed by atoms with Crippen molar-refractivity contribution in [2.45, 2.75) is 31.2 Å². The smallest absolute Gasteiger partial charge is 0.257 e. The van der Waals surface area contributed by atoms with Gasteiger partial charge in [0.05, 0.1) is 21.5 Å². The van der Waals surface area contributed by atoms with Crippen LogP contribution < -0.4 is 10.0 Å². The Bertz CT molecular complexity index is 1220. The third-order valence-corrected chi connectivity index (χ3v) is 5.64. The van der Waals surface area contributed by atoms with Crippen LogP contribution in [0.4, 0.5) is 10.1 Å². The summed E-state index contributed by atoms with van der Waals surface area (Å²) in [4.78, 5) is 18.2. The van der Waals surface area contributed by atoms with E-state index in [4.69, 9.17) is 12.2 Å². The number of aromatic nitrogens is 2. The lowest BCUT2D eigenvalue weighted by Crippen LogP contribution is -2.40. The zero-order valence-corrected chi connectivity index (χ0v) is 17.0. The third kappa shape index (κ3) is 4.46. The van der Waals surface area contributed by atoms with Crippen LogP contribution in [0.3, 0.4) is 0 Å². The minimum absolute atomic E-state index is 0.00525. The fourth-order valence-corrected chi connectivity index (χ4v) is 4.36. The van der Waals surface area contributed by atoms with E-state index in [-0.39, 0.29) is 20.9 Å². The van der Waals surface area contributed by atoms with Crippen LogP contribution in [-0.2, 0) is 10.0 Å². The molecule has 28 heavy (non-hydrogen) atoms. The van der Waals surface area contributed by atoms with Gasteiger partial charge in [0.1, 0.15) is 5.82 Å². The average molecular weight is 423 g/mol. The quantitative estimate of drug-likeness (QED) is 0.481. The van der Waals surface area contributed by atoms with Crippen LogP contribution in [0.2, 0.25) is 0 Å². The summed E-state index contributed by atoms with van der Waals surface area (Å²) < 4.78 is 41.6. The first-order chi connectivity index (χ1) is 12.9. The normalized spacial score (nSPS) is 12.3. The maximum atomic E-state index is 13.8. The molecule has 0 aliphatic rings. The first kappa shape index (κ1) is 20.2. The van der Waals surface area contributed by atoms with Gasteiger partial charge in [0, 0.05) is 11.2 Å². The summed E-state index contributed by atoms with van der Waals surface area (Å²) in [6, 6.07) is 8.12. The summed E-state index contributed by atoms with van der Waals surface area (Å²) >= 11 is 4.99. The molecular weight excluding hydrogens is 403 g/mol. The Morgan fingerprint density at radius 3 is 2.54 bits per heavy atom. The lowest BCUT2D eigenvalue weighted by atomic mass is 10.1. The molecule has 1 heterocycles. The van der Waals surface area contributed by atoms with Gasteiger partial charge in [-0.1, -0.05) is 6.07 Å². The molecule has 0 saturated heterocycles. The summed E-state index contributed by atoms with van der Waals surface area (Å²) in [7, 11) is -3.77. The molecule has 0 bridgehead atoms. The molecule has 1 amide bonds. The molecule has 3 aromatic rings. The Kier molecular flexibility index (Phi) is 5.13. The van der Waals surface area contributed by atoms with Crippen LogP contribution in [0.1, 0.15) is 31.1 Å². The van der Waals surface area contributed by atoms with Gasteiger partial charge in [0.25, 0.3) is 5.91 Å². The Morgan fingerprint density at radius 2 is 1.86 bits per heavy atom. The standard InChI is InChI=1S/C18H19FN4O3S2/c1-18(2,3)23-28(25,26)12-6-4-5-11(9-12)20-16(24)13-7-10(19)8-14-15(13)22-17(27)21-14/h4-9,23H,1-3H3,(H,20,24)(H2,21,22,27). The minimum Gasteiger partial charge on any atom is -0.331 e. The van der Waals surface area contributed by atoms with Crippen molar-refractivity contribution in [3.8, 4) is 0 Å². The molecule has 0 fully saturated rings. The monoisotopic (exact) mass is 422 g/mol. The Hall–Kier alpha value is -2.56. The van der Waals surface area contributed by atoms with E-state index >= 15 is 0 Å². The molecule has 7 nitrogen and oxygen atoms in total. The van der Waals surface area contributed by atoms with Gasteiger partial charge in [0.15, 0.2) is 4.77 Å². The lowest BCUT2D eigenvalue weighted by molar-refractivity contribution is 0.102. The van der Waals surface area contributed by atoms with Crippen molar-refractivity contribution >= 4 is 44.9 Å². The number of benzene rings is 2. The molecule has 0 saturated carbocycles. The molecule has 148 valence electrons. The largest absolute Gasteiger partial charge is 0.331 e. The Labute approximate surface area is 166 Å². The van der Waals surface area contributed by atoms with E-state index in [0.717, 1.165) is 6.07 Å². The number of imidazole rings is 1. The fraction of sp³-hybridized carbons (Fsp3) is 0.222. The maximum Gasteiger partial charge on any atom is 0.257 e. The van der Waals surface area contributed by atoms with Gasteiger partial charge in [-0.3, -0.25) is 4.79 Å². The second-order valence-corrected chi connectivity index (χ2v) is 9.38. The molecular formula is C18H19FN4O3S2. The van der Waals surface area contributed by atoms with Crippen LogP contribution >= 0.6 is 12.2 Å². The van der Waals surface area contributed by atoms with Gasteiger partial charge in [-0.15, -0.1) is 0 Å². The number of halogens is 1. The second-order valence-electron chi connectivity index (χ2n) is 7.29. The van der Waals surface area contributed by atoms with Crippen LogP contribution in [0.15, 0.2) is 41.3 Å². The van der Waals surface area contributed by atoms with E-state index in [1.807, 2.05) is 0 Å². The van der Waals surface area contributed by atoms with Crippen molar-refractivity contribution in [1.82, 2.24) is 14.7 Å². The topological polar surface area (TPSA) is 107 Å². The molecule has 0 aliphatic carbocycles. The number of rotatable bonds is 4. The Morgan fingerprint density at radius 1 is 1.14 bits per heavy atom. The highest BCUT2D eigenvalue weighted by Crippen LogP contribution is 2.21. The van der Waals surface area contributed by atoms with Gasteiger partial charge in [0.2, 0.25) is 10.0 Å². The number of sulfonamides is 1. The maximum absolute atomic E-state index is 13.8. The van der Waals surface area contributed by atoms with Crippen LogP contribution in [-0.4, -0.2) is 29.8 Å². The molecule has 2 aromatic carbocycles. The molecule has 1 aromatic heterocycles. The first-order valence-electron chi connectivity index (χ1n) is 8.31.